The Labute approximate surface area is 244 Å². The summed E-state index contributed by atoms with van der Waals surface area (Å²) in [5.41, 5.74) is 4.88. The van der Waals surface area contributed by atoms with Crippen LogP contribution in [0.2, 0.25) is 0 Å². The zero-order valence-electron chi connectivity index (χ0n) is 23.5. The molecule has 216 valence electrons. The van der Waals surface area contributed by atoms with E-state index in [1.165, 1.54) is 0 Å². The summed E-state index contributed by atoms with van der Waals surface area (Å²) in [5.74, 6) is 1.09. The maximum atomic E-state index is 11.6. The SMILES string of the molecule is O=C(O)Oc1[nH]c2c(-c3ccccc3N3CCN(CCO)CC3)cccc2c1CCCOc1cccc2ccccc12. The fourth-order valence-electron chi connectivity index (χ4n) is 5.98. The highest BCUT2D eigenvalue weighted by atomic mass is 16.7. The zero-order chi connectivity index (χ0) is 28.9. The van der Waals surface area contributed by atoms with Gasteiger partial charge in [-0.2, -0.15) is 0 Å². The molecular formula is C34H35N3O5. The maximum Gasteiger partial charge on any atom is 0.512 e. The first-order valence-electron chi connectivity index (χ1n) is 14.4. The molecule has 1 aromatic heterocycles. The monoisotopic (exact) mass is 565 g/mol. The molecule has 0 radical (unpaired) electrons. The Bertz CT molecular complexity index is 1680. The van der Waals surface area contributed by atoms with Crippen LogP contribution in [0, 0.1) is 0 Å². The molecule has 5 aromatic rings. The van der Waals surface area contributed by atoms with E-state index in [9.17, 15) is 15.0 Å². The molecule has 0 unspecified atom stereocenters. The first-order chi connectivity index (χ1) is 20.6. The van der Waals surface area contributed by atoms with E-state index >= 15 is 0 Å². The Morgan fingerprint density at radius 3 is 2.38 bits per heavy atom. The molecule has 1 aliphatic heterocycles. The van der Waals surface area contributed by atoms with Gasteiger partial charge in [-0.1, -0.05) is 72.8 Å². The molecule has 0 aliphatic carbocycles. The van der Waals surface area contributed by atoms with Crippen LogP contribution < -0.4 is 14.4 Å². The predicted octanol–water partition coefficient (Wildman–Crippen LogP) is 6.17. The minimum absolute atomic E-state index is 0.170. The van der Waals surface area contributed by atoms with Crippen molar-refractivity contribution in [1.29, 1.82) is 0 Å². The summed E-state index contributed by atoms with van der Waals surface area (Å²) in [6, 6.07) is 28.6. The van der Waals surface area contributed by atoms with Crippen molar-refractivity contribution >= 4 is 33.5 Å². The number of anilines is 1. The lowest BCUT2D eigenvalue weighted by Crippen LogP contribution is -2.47. The van der Waals surface area contributed by atoms with Gasteiger partial charge in [-0.15, -0.1) is 0 Å². The molecule has 2 heterocycles. The minimum atomic E-state index is -1.35. The second-order valence-electron chi connectivity index (χ2n) is 10.5. The van der Waals surface area contributed by atoms with Gasteiger partial charge >= 0.3 is 6.16 Å². The number of aliphatic hydroxyl groups excluding tert-OH is 1. The molecule has 3 N–H and O–H groups in total. The van der Waals surface area contributed by atoms with Gasteiger partial charge in [0, 0.05) is 65.9 Å². The number of piperazine rings is 1. The first-order valence-corrected chi connectivity index (χ1v) is 14.4. The topological polar surface area (TPSA) is 98.3 Å². The summed E-state index contributed by atoms with van der Waals surface area (Å²) in [5, 5.41) is 22.0. The Balaban J connectivity index is 1.27. The quantitative estimate of drug-likeness (QED) is 0.138. The van der Waals surface area contributed by atoms with E-state index in [0.717, 1.165) is 76.0 Å². The third-order valence-corrected chi connectivity index (χ3v) is 7.99. The molecule has 0 amide bonds. The van der Waals surface area contributed by atoms with Crippen molar-refractivity contribution in [2.75, 3.05) is 50.8 Å². The van der Waals surface area contributed by atoms with Gasteiger partial charge in [0.25, 0.3) is 0 Å². The van der Waals surface area contributed by atoms with Crippen molar-refractivity contribution in [2.45, 2.75) is 12.8 Å². The summed E-state index contributed by atoms with van der Waals surface area (Å²) < 4.78 is 11.4. The van der Waals surface area contributed by atoms with Crippen molar-refractivity contribution < 1.29 is 24.5 Å². The van der Waals surface area contributed by atoms with Gasteiger partial charge in [0.15, 0.2) is 0 Å². The summed E-state index contributed by atoms with van der Waals surface area (Å²) in [7, 11) is 0. The lowest BCUT2D eigenvalue weighted by molar-refractivity contribution is 0.142. The largest absolute Gasteiger partial charge is 0.512 e. The molecule has 8 heteroatoms. The first kappa shape index (κ1) is 27.6. The number of para-hydroxylation sites is 2. The van der Waals surface area contributed by atoms with E-state index in [1.54, 1.807) is 0 Å². The predicted molar refractivity (Wildman–Crippen MR) is 166 cm³/mol. The molecule has 4 aromatic carbocycles. The molecule has 1 aliphatic rings. The van der Waals surface area contributed by atoms with E-state index in [-0.39, 0.29) is 12.5 Å². The number of carboxylic acid groups (broad SMARTS) is 1. The van der Waals surface area contributed by atoms with E-state index in [2.05, 4.69) is 51.2 Å². The van der Waals surface area contributed by atoms with Gasteiger partial charge in [0.2, 0.25) is 5.88 Å². The molecule has 0 atom stereocenters. The number of fused-ring (bicyclic) bond motifs is 2. The zero-order valence-corrected chi connectivity index (χ0v) is 23.5. The highest BCUT2D eigenvalue weighted by molar-refractivity contribution is 6.00. The lowest BCUT2D eigenvalue weighted by atomic mass is 9.98. The number of benzene rings is 4. The maximum absolute atomic E-state index is 11.6. The molecule has 0 spiro atoms. The van der Waals surface area contributed by atoms with E-state index in [0.29, 0.717) is 26.0 Å². The lowest BCUT2D eigenvalue weighted by Gasteiger charge is -2.36. The Morgan fingerprint density at radius 2 is 1.55 bits per heavy atom. The number of rotatable bonds is 10. The number of nitrogens with zero attached hydrogens (tertiary/aromatic N) is 2. The standard InChI is InChI=1S/C34H35N3O5/c38-22-21-36-17-19-37(20-18-36)30-15-4-3-11-26(30)27-12-6-13-28-29(33(35-32(27)28)42-34(39)40)14-7-23-41-31-16-5-9-24-8-1-2-10-25(24)31/h1-6,8-13,15-16,35,38H,7,14,17-23H2,(H,39,40). The fraction of sp³-hybridized carbons (Fsp3) is 0.265. The van der Waals surface area contributed by atoms with Crippen LogP contribution in [0.1, 0.15) is 12.0 Å². The summed E-state index contributed by atoms with van der Waals surface area (Å²) in [6.07, 6.45) is -0.0753. The Kier molecular flexibility index (Phi) is 8.26. The van der Waals surface area contributed by atoms with Gasteiger partial charge in [-0.05, 0) is 30.4 Å². The highest BCUT2D eigenvalue weighted by Gasteiger charge is 2.22. The van der Waals surface area contributed by atoms with Crippen LogP contribution in [0.25, 0.3) is 32.8 Å². The second-order valence-corrected chi connectivity index (χ2v) is 10.5. The van der Waals surface area contributed by atoms with Crippen LogP contribution in [-0.4, -0.2) is 72.2 Å². The number of aryl methyl sites for hydroxylation is 1. The number of nitrogens with one attached hydrogen (secondary N) is 1. The number of carbonyl (C=O) groups is 1. The van der Waals surface area contributed by atoms with Crippen molar-refractivity contribution in [2.24, 2.45) is 0 Å². The van der Waals surface area contributed by atoms with Gasteiger partial charge < -0.3 is 29.6 Å². The summed E-state index contributed by atoms with van der Waals surface area (Å²) >= 11 is 0. The fourth-order valence-corrected chi connectivity index (χ4v) is 5.98. The normalized spacial score (nSPS) is 14.0. The third-order valence-electron chi connectivity index (χ3n) is 7.99. The molecule has 0 saturated carbocycles. The van der Waals surface area contributed by atoms with Crippen LogP contribution in [0.5, 0.6) is 11.6 Å². The Hall–Kier alpha value is -4.53. The van der Waals surface area contributed by atoms with Gasteiger partial charge in [0.05, 0.1) is 18.7 Å². The van der Waals surface area contributed by atoms with Gasteiger partial charge in [-0.25, -0.2) is 4.79 Å². The molecule has 0 bridgehead atoms. The van der Waals surface area contributed by atoms with Crippen molar-refractivity contribution in [1.82, 2.24) is 9.88 Å². The molecular weight excluding hydrogens is 530 g/mol. The van der Waals surface area contributed by atoms with Gasteiger partial charge in [0.1, 0.15) is 5.75 Å². The number of ether oxygens (including phenoxy) is 2. The van der Waals surface area contributed by atoms with Crippen LogP contribution in [0.15, 0.2) is 84.9 Å². The number of hydrogen-bond acceptors (Lipinski definition) is 6. The van der Waals surface area contributed by atoms with Crippen molar-refractivity contribution in [3.05, 3.63) is 90.5 Å². The number of hydrogen-bond donors (Lipinski definition) is 3. The number of H-pyrrole nitrogens is 1. The highest BCUT2D eigenvalue weighted by Crippen LogP contribution is 2.39. The minimum Gasteiger partial charge on any atom is -0.493 e. The number of aromatic nitrogens is 1. The molecule has 8 nitrogen and oxygen atoms in total. The van der Waals surface area contributed by atoms with Gasteiger partial charge in [-0.3, -0.25) is 4.90 Å². The average molecular weight is 566 g/mol. The third kappa shape index (κ3) is 5.77. The van der Waals surface area contributed by atoms with Crippen LogP contribution in [0.3, 0.4) is 0 Å². The molecule has 42 heavy (non-hydrogen) atoms. The Morgan fingerprint density at radius 1 is 0.833 bits per heavy atom. The smallest absolute Gasteiger partial charge is 0.493 e. The average Bonchev–Trinajstić information content (AvgIpc) is 3.36. The summed E-state index contributed by atoms with van der Waals surface area (Å²) in [4.78, 5) is 19.6. The van der Waals surface area contributed by atoms with E-state index < -0.39 is 6.16 Å². The van der Waals surface area contributed by atoms with E-state index in [4.69, 9.17) is 9.47 Å². The molecule has 1 fully saturated rings. The van der Waals surface area contributed by atoms with Crippen molar-refractivity contribution in [3.8, 4) is 22.8 Å². The van der Waals surface area contributed by atoms with Crippen LogP contribution in [0.4, 0.5) is 10.5 Å². The second kappa shape index (κ2) is 12.5. The van der Waals surface area contributed by atoms with E-state index in [1.807, 2.05) is 48.5 Å². The van der Waals surface area contributed by atoms with Crippen LogP contribution >= 0.6 is 0 Å². The number of aromatic amines is 1. The van der Waals surface area contributed by atoms with Crippen LogP contribution in [-0.2, 0) is 6.42 Å². The number of aliphatic hydroxyl groups is 1. The molecule has 6 rings (SSSR count). The number of β-amino-alcohol motifs (C(OH)–C–C–N with tert-alkyl or cyclic N) is 1. The van der Waals surface area contributed by atoms with Crippen molar-refractivity contribution in [3.63, 3.8) is 0 Å². The molecule has 1 saturated heterocycles. The summed E-state index contributed by atoms with van der Waals surface area (Å²) in [6.45, 7) is 4.87.